The van der Waals surface area contributed by atoms with E-state index in [1.807, 2.05) is 31.2 Å². The van der Waals surface area contributed by atoms with Gasteiger partial charge in [0.05, 0.1) is 5.25 Å². The number of amides is 1. The number of nitrogens with one attached hydrogen (secondary N) is 1. The first-order chi connectivity index (χ1) is 9.15. The van der Waals surface area contributed by atoms with Crippen molar-refractivity contribution < 1.29 is 4.79 Å². The maximum Gasteiger partial charge on any atom is 0.233 e. The lowest BCUT2D eigenvalue weighted by Gasteiger charge is -2.24. The summed E-state index contributed by atoms with van der Waals surface area (Å²) in [6, 6.07) is 8.06. The fourth-order valence-electron chi connectivity index (χ4n) is 2.41. The largest absolute Gasteiger partial charge is 0.399 e. The minimum absolute atomic E-state index is 0.0799. The van der Waals surface area contributed by atoms with Crippen LogP contribution in [0, 0.1) is 0 Å². The number of hydrogen-bond acceptors (Lipinski definition) is 3. The number of benzene rings is 1. The highest BCUT2D eigenvalue weighted by molar-refractivity contribution is 8.00. The Morgan fingerprint density at radius 3 is 2.79 bits per heavy atom. The fourth-order valence-corrected chi connectivity index (χ4v) is 3.36. The van der Waals surface area contributed by atoms with E-state index in [1.165, 1.54) is 19.3 Å². The first-order valence-electron chi connectivity index (χ1n) is 6.98. The molecule has 0 radical (unpaired) electrons. The summed E-state index contributed by atoms with van der Waals surface area (Å²) in [7, 11) is 0. The summed E-state index contributed by atoms with van der Waals surface area (Å²) in [5, 5.41) is 3.08. The molecule has 4 heteroatoms. The third-order valence-electron chi connectivity index (χ3n) is 3.49. The number of carbonyl (C=O) groups excluding carboxylic acids is 1. The molecule has 1 aliphatic carbocycles. The molecule has 3 N–H and O–H groups in total. The van der Waals surface area contributed by atoms with E-state index in [2.05, 4.69) is 5.32 Å². The van der Waals surface area contributed by atoms with Gasteiger partial charge in [-0.15, -0.1) is 11.8 Å². The summed E-state index contributed by atoms with van der Waals surface area (Å²) in [5.74, 6) is 0.138. The lowest BCUT2D eigenvalue weighted by Crippen LogP contribution is -2.40. The summed E-state index contributed by atoms with van der Waals surface area (Å²) in [6.45, 7) is 1.95. The smallest absolute Gasteiger partial charge is 0.233 e. The van der Waals surface area contributed by atoms with Crippen molar-refractivity contribution in [2.75, 3.05) is 5.73 Å². The zero-order valence-corrected chi connectivity index (χ0v) is 12.2. The highest BCUT2D eigenvalue weighted by Crippen LogP contribution is 2.25. The van der Waals surface area contributed by atoms with Gasteiger partial charge in [0, 0.05) is 16.6 Å². The molecule has 1 saturated carbocycles. The number of carbonyl (C=O) groups is 1. The van der Waals surface area contributed by atoms with Crippen molar-refractivity contribution in [3.05, 3.63) is 24.3 Å². The van der Waals surface area contributed by atoms with E-state index in [9.17, 15) is 4.79 Å². The van der Waals surface area contributed by atoms with E-state index in [1.54, 1.807) is 11.8 Å². The Morgan fingerprint density at radius 2 is 2.11 bits per heavy atom. The van der Waals surface area contributed by atoms with Gasteiger partial charge in [-0.1, -0.05) is 25.3 Å². The van der Waals surface area contributed by atoms with Crippen LogP contribution in [0.3, 0.4) is 0 Å². The molecule has 104 valence electrons. The first-order valence-corrected chi connectivity index (χ1v) is 7.85. The van der Waals surface area contributed by atoms with Gasteiger partial charge in [-0.2, -0.15) is 0 Å². The SMILES string of the molecule is CC(Sc1cccc(N)c1)C(=O)NC1CCCCC1. The number of thioether (sulfide) groups is 1. The third kappa shape index (κ3) is 4.46. The minimum atomic E-state index is -0.0799. The van der Waals surface area contributed by atoms with Gasteiger partial charge in [0.1, 0.15) is 0 Å². The Balaban J connectivity index is 1.84. The van der Waals surface area contributed by atoms with Crippen LogP contribution in [0.25, 0.3) is 0 Å². The molecule has 2 rings (SSSR count). The van der Waals surface area contributed by atoms with E-state index in [-0.39, 0.29) is 11.2 Å². The molecule has 1 unspecified atom stereocenters. The van der Waals surface area contributed by atoms with E-state index in [0.29, 0.717) is 6.04 Å². The van der Waals surface area contributed by atoms with Crippen LogP contribution in [0.1, 0.15) is 39.0 Å². The Labute approximate surface area is 119 Å². The molecule has 0 bridgehead atoms. The van der Waals surface area contributed by atoms with Gasteiger partial charge in [-0.25, -0.2) is 0 Å². The Morgan fingerprint density at radius 1 is 1.37 bits per heavy atom. The molecule has 19 heavy (non-hydrogen) atoms. The van der Waals surface area contributed by atoms with Crippen LogP contribution in [-0.4, -0.2) is 17.2 Å². The minimum Gasteiger partial charge on any atom is -0.399 e. The highest BCUT2D eigenvalue weighted by Gasteiger charge is 2.20. The number of hydrogen-bond donors (Lipinski definition) is 2. The van der Waals surface area contributed by atoms with Gasteiger partial charge >= 0.3 is 0 Å². The maximum absolute atomic E-state index is 12.1. The average molecular weight is 278 g/mol. The summed E-state index contributed by atoms with van der Waals surface area (Å²) < 4.78 is 0. The number of nitrogen functional groups attached to an aromatic ring is 1. The molecule has 0 saturated heterocycles. The monoisotopic (exact) mass is 278 g/mol. The van der Waals surface area contributed by atoms with Gasteiger partial charge in [-0.05, 0) is 38.0 Å². The van der Waals surface area contributed by atoms with Crippen LogP contribution in [-0.2, 0) is 4.79 Å². The zero-order valence-electron chi connectivity index (χ0n) is 11.4. The molecule has 1 aromatic carbocycles. The molecule has 1 amide bonds. The second-order valence-corrected chi connectivity index (χ2v) is 6.59. The van der Waals surface area contributed by atoms with Crippen molar-refractivity contribution in [2.45, 2.75) is 55.2 Å². The fraction of sp³-hybridized carbons (Fsp3) is 0.533. The number of rotatable bonds is 4. The van der Waals surface area contributed by atoms with E-state index >= 15 is 0 Å². The van der Waals surface area contributed by atoms with Gasteiger partial charge in [0.15, 0.2) is 0 Å². The predicted molar refractivity (Wildman–Crippen MR) is 81.2 cm³/mol. The molecular weight excluding hydrogens is 256 g/mol. The first kappa shape index (κ1) is 14.3. The van der Waals surface area contributed by atoms with Gasteiger partial charge in [-0.3, -0.25) is 4.79 Å². The number of nitrogens with two attached hydrogens (primary N) is 1. The van der Waals surface area contributed by atoms with Crippen LogP contribution >= 0.6 is 11.8 Å². The molecule has 1 aliphatic rings. The normalized spacial score (nSPS) is 17.9. The van der Waals surface area contributed by atoms with Gasteiger partial charge in [0.2, 0.25) is 5.91 Å². The van der Waals surface area contributed by atoms with Crippen molar-refractivity contribution in [3.63, 3.8) is 0 Å². The average Bonchev–Trinajstić information content (AvgIpc) is 2.40. The van der Waals surface area contributed by atoms with Crippen LogP contribution in [0.4, 0.5) is 5.69 Å². The highest BCUT2D eigenvalue weighted by atomic mass is 32.2. The second-order valence-electron chi connectivity index (χ2n) is 5.18. The van der Waals surface area contributed by atoms with Crippen LogP contribution in [0.2, 0.25) is 0 Å². The molecule has 1 fully saturated rings. The van der Waals surface area contributed by atoms with Crippen LogP contribution < -0.4 is 11.1 Å². The Kier molecular flexibility index (Phi) is 5.14. The van der Waals surface area contributed by atoms with Crippen molar-refractivity contribution in [1.82, 2.24) is 5.32 Å². The van der Waals surface area contributed by atoms with Crippen molar-refractivity contribution in [3.8, 4) is 0 Å². The Bertz CT molecular complexity index is 430. The standard InChI is InChI=1S/C15H22N2OS/c1-11(19-14-9-5-6-12(16)10-14)15(18)17-13-7-3-2-4-8-13/h5-6,9-11,13H,2-4,7-8,16H2,1H3,(H,17,18). The van der Waals surface area contributed by atoms with E-state index in [4.69, 9.17) is 5.73 Å². The Hall–Kier alpha value is -1.16. The van der Waals surface area contributed by atoms with Crippen molar-refractivity contribution in [1.29, 1.82) is 0 Å². The molecule has 0 aliphatic heterocycles. The summed E-state index contributed by atoms with van der Waals surface area (Å²) in [4.78, 5) is 13.2. The molecule has 0 aromatic heterocycles. The zero-order chi connectivity index (χ0) is 13.7. The molecule has 1 aromatic rings. The van der Waals surface area contributed by atoms with E-state index in [0.717, 1.165) is 23.4 Å². The topological polar surface area (TPSA) is 55.1 Å². The lowest BCUT2D eigenvalue weighted by atomic mass is 9.95. The lowest BCUT2D eigenvalue weighted by molar-refractivity contribution is -0.121. The molecule has 1 atom stereocenters. The van der Waals surface area contributed by atoms with Crippen LogP contribution in [0.5, 0.6) is 0 Å². The van der Waals surface area contributed by atoms with Gasteiger partial charge < -0.3 is 11.1 Å². The predicted octanol–water partition coefficient (Wildman–Crippen LogP) is 3.20. The molecule has 3 nitrogen and oxygen atoms in total. The quantitative estimate of drug-likeness (QED) is 0.657. The molecule has 0 heterocycles. The molecule has 0 spiro atoms. The summed E-state index contributed by atoms with van der Waals surface area (Å²) >= 11 is 1.56. The summed E-state index contributed by atoms with van der Waals surface area (Å²) in [6.07, 6.45) is 6.03. The summed E-state index contributed by atoms with van der Waals surface area (Å²) in [5.41, 5.74) is 6.49. The van der Waals surface area contributed by atoms with Crippen LogP contribution in [0.15, 0.2) is 29.2 Å². The maximum atomic E-state index is 12.1. The van der Waals surface area contributed by atoms with Crippen molar-refractivity contribution in [2.24, 2.45) is 0 Å². The van der Waals surface area contributed by atoms with Crippen molar-refractivity contribution >= 4 is 23.4 Å². The third-order valence-corrected chi connectivity index (χ3v) is 4.59. The van der Waals surface area contributed by atoms with Gasteiger partial charge in [0.25, 0.3) is 0 Å². The number of anilines is 1. The molecular formula is C15H22N2OS. The van der Waals surface area contributed by atoms with E-state index < -0.39 is 0 Å². The second kappa shape index (κ2) is 6.85.